The van der Waals surface area contributed by atoms with E-state index in [4.69, 9.17) is 10.2 Å². The van der Waals surface area contributed by atoms with E-state index in [1.807, 2.05) is 0 Å². The Morgan fingerprint density at radius 2 is 2.25 bits per heavy atom. The van der Waals surface area contributed by atoms with Crippen LogP contribution in [0, 0.1) is 5.92 Å². The lowest BCUT2D eigenvalue weighted by molar-refractivity contribution is 0.0921. The van der Waals surface area contributed by atoms with Gasteiger partial charge in [0.2, 0.25) is 0 Å². The Hall–Kier alpha value is -1.33. The van der Waals surface area contributed by atoms with Gasteiger partial charge < -0.3 is 15.5 Å². The summed E-state index contributed by atoms with van der Waals surface area (Å²) in [4.78, 5) is 14.4. The predicted molar refractivity (Wildman–Crippen MR) is 78.4 cm³/mol. The summed E-state index contributed by atoms with van der Waals surface area (Å²) in [6.07, 6.45) is 3.96. The summed E-state index contributed by atoms with van der Waals surface area (Å²) < 4.78 is 5.17. The third kappa shape index (κ3) is 3.84. The lowest BCUT2D eigenvalue weighted by Gasteiger charge is -2.34. The van der Waals surface area contributed by atoms with E-state index in [1.54, 1.807) is 6.07 Å². The maximum atomic E-state index is 12.0. The van der Waals surface area contributed by atoms with Crippen molar-refractivity contribution in [1.29, 1.82) is 0 Å². The highest BCUT2D eigenvalue weighted by Crippen LogP contribution is 2.17. The van der Waals surface area contributed by atoms with E-state index in [0.29, 0.717) is 30.5 Å². The molecule has 1 aliphatic rings. The number of nitrogens with one attached hydrogen (secondary N) is 1. The van der Waals surface area contributed by atoms with Crippen molar-refractivity contribution in [1.82, 2.24) is 10.2 Å². The molecule has 112 valence electrons. The van der Waals surface area contributed by atoms with Gasteiger partial charge in [0.05, 0.1) is 12.1 Å². The van der Waals surface area contributed by atoms with Gasteiger partial charge in [0.1, 0.15) is 12.0 Å². The first kappa shape index (κ1) is 15.1. The molecular formula is C15H25N3O2. The van der Waals surface area contributed by atoms with Crippen LogP contribution in [-0.4, -0.2) is 36.5 Å². The number of likely N-dealkylation sites (tertiary alicyclic amines) is 1. The molecule has 20 heavy (non-hydrogen) atoms. The molecule has 0 aliphatic carbocycles. The largest absolute Gasteiger partial charge is 0.467 e. The van der Waals surface area contributed by atoms with Crippen LogP contribution in [0.1, 0.15) is 42.8 Å². The van der Waals surface area contributed by atoms with Crippen LogP contribution in [0.2, 0.25) is 0 Å². The number of carbonyl (C=O) groups excluding carboxylic acids is 1. The maximum Gasteiger partial charge on any atom is 0.254 e. The fourth-order valence-corrected chi connectivity index (χ4v) is 2.55. The van der Waals surface area contributed by atoms with Crippen molar-refractivity contribution in [3.05, 3.63) is 23.7 Å². The molecule has 1 aromatic heterocycles. The van der Waals surface area contributed by atoms with Gasteiger partial charge >= 0.3 is 0 Å². The normalized spacial score (nSPS) is 18.9. The summed E-state index contributed by atoms with van der Waals surface area (Å²) >= 11 is 0. The van der Waals surface area contributed by atoms with Crippen LogP contribution >= 0.6 is 0 Å². The number of hydrogen-bond donors (Lipinski definition) is 2. The maximum absolute atomic E-state index is 12.0. The minimum atomic E-state index is -0.0920. The van der Waals surface area contributed by atoms with Crippen LogP contribution in [0.3, 0.4) is 0 Å². The summed E-state index contributed by atoms with van der Waals surface area (Å²) in [5.74, 6) is 1.37. The van der Waals surface area contributed by atoms with Gasteiger partial charge in [-0.1, -0.05) is 6.92 Å². The van der Waals surface area contributed by atoms with Gasteiger partial charge in [-0.15, -0.1) is 0 Å². The second kappa shape index (κ2) is 6.90. The smallest absolute Gasteiger partial charge is 0.254 e. The van der Waals surface area contributed by atoms with E-state index in [1.165, 1.54) is 19.1 Å². The average Bonchev–Trinajstić information content (AvgIpc) is 2.94. The third-order valence-corrected chi connectivity index (χ3v) is 4.12. The molecule has 2 rings (SSSR count). The first-order valence-electron chi connectivity index (χ1n) is 7.40. The van der Waals surface area contributed by atoms with Crippen molar-refractivity contribution in [3.8, 4) is 0 Å². The second-order valence-electron chi connectivity index (χ2n) is 5.78. The lowest BCUT2D eigenvalue weighted by Crippen LogP contribution is -2.45. The Kier molecular flexibility index (Phi) is 5.20. The zero-order chi connectivity index (χ0) is 14.5. The molecular weight excluding hydrogens is 254 g/mol. The highest BCUT2D eigenvalue weighted by Gasteiger charge is 2.20. The summed E-state index contributed by atoms with van der Waals surface area (Å²) in [5.41, 5.74) is 6.01. The highest BCUT2D eigenvalue weighted by molar-refractivity contribution is 5.93. The monoisotopic (exact) mass is 279 g/mol. The first-order valence-corrected chi connectivity index (χ1v) is 7.40. The van der Waals surface area contributed by atoms with Gasteiger partial charge in [-0.2, -0.15) is 0 Å². The quantitative estimate of drug-likeness (QED) is 0.858. The molecule has 0 aromatic carbocycles. The van der Waals surface area contributed by atoms with Crippen molar-refractivity contribution in [2.45, 2.75) is 39.3 Å². The Labute approximate surface area is 120 Å². The Morgan fingerprint density at radius 1 is 1.55 bits per heavy atom. The molecule has 1 saturated heterocycles. The number of carbonyl (C=O) groups is 1. The zero-order valence-electron chi connectivity index (χ0n) is 12.4. The number of nitrogens with zero attached hydrogens (tertiary/aromatic N) is 1. The van der Waals surface area contributed by atoms with Gasteiger partial charge in [0, 0.05) is 12.6 Å². The third-order valence-electron chi connectivity index (χ3n) is 4.12. The van der Waals surface area contributed by atoms with E-state index >= 15 is 0 Å². The molecule has 1 aromatic rings. The summed E-state index contributed by atoms with van der Waals surface area (Å²) in [6, 6.07) is 2.06. The van der Waals surface area contributed by atoms with E-state index in [9.17, 15) is 4.79 Å². The molecule has 5 nitrogen and oxygen atoms in total. The molecule has 3 N–H and O–H groups in total. The molecule has 1 unspecified atom stereocenters. The first-order chi connectivity index (χ1) is 9.60. The van der Waals surface area contributed by atoms with E-state index in [-0.39, 0.29) is 5.91 Å². The van der Waals surface area contributed by atoms with Crippen LogP contribution in [0.4, 0.5) is 0 Å². The van der Waals surface area contributed by atoms with Crippen LogP contribution in [0.5, 0.6) is 0 Å². The lowest BCUT2D eigenvalue weighted by atomic mass is 9.98. The van der Waals surface area contributed by atoms with Gasteiger partial charge in [0.15, 0.2) is 0 Å². The Bertz CT molecular complexity index is 436. The molecule has 1 fully saturated rings. The fraction of sp³-hybridized carbons (Fsp3) is 0.667. The molecule has 1 amide bonds. The zero-order valence-corrected chi connectivity index (χ0v) is 12.4. The van der Waals surface area contributed by atoms with Crippen molar-refractivity contribution in [2.75, 3.05) is 19.6 Å². The van der Waals surface area contributed by atoms with Crippen LogP contribution in [0.15, 0.2) is 16.7 Å². The van der Waals surface area contributed by atoms with Gasteiger partial charge in [-0.3, -0.25) is 9.69 Å². The Balaban J connectivity index is 1.77. The van der Waals surface area contributed by atoms with Gasteiger partial charge in [0.25, 0.3) is 5.91 Å². The molecule has 0 saturated carbocycles. The second-order valence-corrected chi connectivity index (χ2v) is 5.78. The standard InChI is InChI=1S/C15H25N3O2/c1-11-3-5-18(6-4-11)12(2)9-17-15(19)13-7-14(8-16)20-10-13/h7,10-12H,3-6,8-9,16H2,1-2H3,(H,17,19). The van der Waals surface area contributed by atoms with Crippen molar-refractivity contribution < 1.29 is 9.21 Å². The summed E-state index contributed by atoms with van der Waals surface area (Å²) in [6.45, 7) is 7.70. The molecule has 5 heteroatoms. The topological polar surface area (TPSA) is 71.5 Å². The molecule has 0 bridgehead atoms. The van der Waals surface area contributed by atoms with Crippen molar-refractivity contribution in [2.24, 2.45) is 11.7 Å². The minimum absolute atomic E-state index is 0.0920. The summed E-state index contributed by atoms with van der Waals surface area (Å²) in [5, 5.41) is 2.96. The molecule has 0 spiro atoms. The van der Waals surface area contributed by atoms with E-state index in [2.05, 4.69) is 24.1 Å². The molecule has 2 heterocycles. The van der Waals surface area contributed by atoms with Gasteiger partial charge in [-0.05, 0) is 44.8 Å². The summed E-state index contributed by atoms with van der Waals surface area (Å²) in [7, 11) is 0. The molecule has 1 aliphatic heterocycles. The van der Waals surface area contributed by atoms with Crippen LogP contribution in [0.25, 0.3) is 0 Å². The Morgan fingerprint density at radius 3 is 2.85 bits per heavy atom. The number of amides is 1. The van der Waals surface area contributed by atoms with Crippen molar-refractivity contribution >= 4 is 5.91 Å². The number of furan rings is 1. The average molecular weight is 279 g/mol. The van der Waals surface area contributed by atoms with E-state index < -0.39 is 0 Å². The van der Waals surface area contributed by atoms with Gasteiger partial charge in [-0.25, -0.2) is 0 Å². The number of piperidine rings is 1. The number of hydrogen-bond acceptors (Lipinski definition) is 4. The minimum Gasteiger partial charge on any atom is -0.467 e. The number of nitrogens with two attached hydrogens (primary N) is 1. The van der Waals surface area contributed by atoms with Crippen molar-refractivity contribution in [3.63, 3.8) is 0 Å². The fourth-order valence-electron chi connectivity index (χ4n) is 2.55. The number of rotatable bonds is 5. The van der Waals surface area contributed by atoms with Crippen LogP contribution in [-0.2, 0) is 6.54 Å². The van der Waals surface area contributed by atoms with E-state index in [0.717, 1.165) is 19.0 Å². The molecule has 1 atom stereocenters. The predicted octanol–water partition coefficient (Wildman–Crippen LogP) is 1.59. The van der Waals surface area contributed by atoms with Crippen LogP contribution < -0.4 is 11.1 Å². The molecule has 0 radical (unpaired) electrons. The SMILES string of the molecule is CC1CCN(C(C)CNC(=O)c2coc(CN)c2)CC1. The highest BCUT2D eigenvalue weighted by atomic mass is 16.3.